The van der Waals surface area contributed by atoms with Crippen LogP contribution in [0.3, 0.4) is 0 Å². The number of hydrogen-bond donors (Lipinski definition) is 0. The molecule has 0 saturated carbocycles. The fourth-order valence-electron chi connectivity index (χ4n) is 1.32. The van der Waals surface area contributed by atoms with E-state index in [2.05, 4.69) is 10.2 Å². The van der Waals surface area contributed by atoms with Crippen LogP contribution < -0.4 is 0 Å². The van der Waals surface area contributed by atoms with Gasteiger partial charge in [-0.2, -0.15) is 15.0 Å². The van der Waals surface area contributed by atoms with Crippen molar-refractivity contribution in [2.45, 2.75) is 11.4 Å². The number of carbonyl (C=O) groups excluding carboxylic acids is 1. The summed E-state index contributed by atoms with van der Waals surface area (Å²) in [5.41, 5.74) is 1.03. The van der Waals surface area contributed by atoms with Crippen LogP contribution in [-0.2, 0) is 21.2 Å². The smallest absolute Gasteiger partial charge is 0.175 e. The van der Waals surface area contributed by atoms with Crippen molar-refractivity contribution in [3.63, 3.8) is 0 Å². The van der Waals surface area contributed by atoms with E-state index in [0.717, 1.165) is 6.26 Å². The third-order valence-corrected chi connectivity index (χ3v) is 3.17. The normalized spacial score (nSPS) is 11.8. The van der Waals surface area contributed by atoms with Gasteiger partial charge in [0, 0.05) is 6.26 Å². The highest BCUT2D eigenvalue weighted by Gasteiger charge is 2.10. The molecule has 1 aromatic carbocycles. The summed E-state index contributed by atoms with van der Waals surface area (Å²) in [6.45, 7) is 0.0584. The van der Waals surface area contributed by atoms with Gasteiger partial charge in [-0.25, -0.2) is 8.42 Å². The Labute approximate surface area is 91.8 Å². The summed E-state index contributed by atoms with van der Waals surface area (Å²) in [5.74, 6) is 0. The summed E-state index contributed by atoms with van der Waals surface area (Å²) in [6, 6.07) is 4.48. The van der Waals surface area contributed by atoms with Crippen LogP contribution in [0.4, 0.5) is 0 Å². The molecule has 0 aliphatic carbocycles. The third kappa shape index (κ3) is 1.94. The van der Waals surface area contributed by atoms with Crippen molar-refractivity contribution in [2.24, 2.45) is 0 Å². The molecule has 0 saturated heterocycles. The lowest BCUT2D eigenvalue weighted by atomic mass is 10.3. The van der Waals surface area contributed by atoms with E-state index in [9.17, 15) is 13.2 Å². The Morgan fingerprint density at radius 2 is 2.00 bits per heavy atom. The number of carbonyl (C=O) groups is 1. The Balaban J connectivity index is 2.58. The van der Waals surface area contributed by atoms with Crippen LogP contribution in [0.1, 0.15) is 0 Å². The zero-order valence-electron chi connectivity index (χ0n) is 8.49. The molecule has 2 aromatic rings. The molecule has 1 heterocycles. The van der Waals surface area contributed by atoms with Gasteiger partial charge >= 0.3 is 0 Å². The standard InChI is InChI=1S/C9H9N3O3S/c1-16(14,15)7-2-3-8-9(6-7)11-12(10-8)4-5-13/h2-3,5-6H,4H2,1H3. The highest BCUT2D eigenvalue weighted by Crippen LogP contribution is 2.15. The van der Waals surface area contributed by atoms with Crippen molar-refractivity contribution < 1.29 is 13.2 Å². The maximum atomic E-state index is 11.3. The first kappa shape index (κ1) is 10.7. The van der Waals surface area contributed by atoms with E-state index in [1.54, 1.807) is 6.07 Å². The van der Waals surface area contributed by atoms with Crippen molar-refractivity contribution in [2.75, 3.05) is 6.26 Å². The Morgan fingerprint density at radius 3 is 2.62 bits per heavy atom. The van der Waals surface area contributed by atoms with Gasteiger partial charge in [0.2, 0.25) is 0 Å². The van der Waals surface area contributed by atoms with Gasteiger partial charge in [0.25, 0.3) is 0 Å². The number of aromatic nitrogens is 3. The lowest BCUT2D eigenvalue weighted by molar-refractivity contribution is -0.108. The molecule has 0 aliphatic rings. The second-order valence-corrected chi connectivity index (χ2v) is 5.36. The molecule has 6 nitrogen and oxygen atoms in total. The third-order valence-electron chi connectivity index (χ3n) is 2.06. The van der Waals surface area contributed by atoms with Gasteiger partial charge in [0.05, 0.1) is 4.90 Å². The van der Waals surface area contributed by atoms with E-state index in [-0.39, 0.29) is 11.4 Å². The van der Waals surface area contributed by atoms with E-state index in [1.807, 2.05) is 0 Å². The molecule has 0 N–H and O–H groups in total. The van der Waals surface area contributed by atoms with Crippen molar-refractivity contribution in [1.82, 2.24) is 15.0 Å². The molecule has 0 unspecified atom stereocenters. The first-order chi connectivity index (χ1) is 7.50. The number of hydrogen-bond acceptors (Lipinski definition) is 5. The van der Waals surface area contributed by atoms with Crippen molar-refractivity contribution in [1.29, 1.82) is 0 Å². The summed E-state index contributed by atoms with van der Waals surface area (Å²) < 4.78 is 22.6. The number of sulfone groups is 1. The molecule has 0 aliphatic heterocycles. The monoisotopic (exact) mass is 239 g/mol. The summed E-state index contributed by atoms with van der Waals surface area (Å²) >= 11 is 0. The number of rotatable bonds is 3. The minimum atomic E-state index is -3.24. The van der Waals surface area contributed by atoms with Crippen LogP contribution in [0.15, 0.2) is 23.1 Å². The molecule has 0 fully saturated rings. The lowest BCUT2D eigenvalue weighted by Crippen LogP contribution is -2.02. The average Bonchev–Trinajstić information content (AvgIpc) is 2.57. The minimum absolute atomic E-state index is 0.0584. The molecule has 2 rings (SSSR count). The first-order valence-corrected chi connectivity index (χ1v) is 6.38. The van der Waals surface area contributed by atoms with E-state index >= 15 is 0 Å². The number of benzene rings is 1. The molecule has 84 valence electrons. The SMILES string of the molecule is CS(=O)(=O)c1ccc2nn(CC=O)nc2c1. The average molecular weight is 239 g/mol. The van der Waals surface area contributed by atoms with Crippen LogP contribution in [0.25, 0.3) is 11.0 Å². The van der Waals surface area contributed by atoms with Crippen molar-refractivity contribution in [3.05, 3.63) is 18.2 Å². The lowest BCUT2D eigenvalue weighted by Gasteiger charge is -1.95. The largest absolute Gasteiger partial charge is 0.301 e. The number of aldehydes is 1. The van der Waals surface area contributed by atoms with Crippen LogP contribution in [0.5, 0.6) is 0 Å². The van der Waals surface area contributed by atoms with Crippen LogP contribution in [0.2, 0.25) is 0 Å². The van der Waals surface area contributed by atoms with Crippen LogP contribution in [-0.4, -0.2) is 36.0 Å². The molecule has 7 heteroatoms. The first-order valence-electron chi connectivity index (χ1n) is 4.49. The van der Waals surface area contributed by atoms with Gasteiger partial charge in [-0.15, -0.1) is 0 Å². The fourth-order valence-corrected chi connectivity index (χ4v) is 1.96. The Morgan fingerprint density at radius 1 is 1.31 bits per heavy atom. The van der Waals surface area contributed by atoms with Crippen LogP contribution in [0, 0.1) is 0 Å². The zero-order chi connectivity index (χ0) is 11.8. The second-order valence-electron chi connectivity index (χ2n) is 3.34. The Kier molecular flexibility index (Phi) is 2.47. The zero-order valence-corrected chi connectivity index (χ0v) is 9.31. The molecule has 0 spiro atoms. The molecular weight excluding hydrogens is 230 g/mol. The maximum Gasteiger partial charge on any atom is 0.175 e. The predicted octanol–water partition coefficient (Wildman–Crippen LogP) is 0.0337. The predicted molar refractivity (Wildman–Crippen MR) is 56.7 cm³/mol. The van der Waals surface area contributed by atoms with Gasteiger partial charge in [-0.3, -0.25) is 0 Å². The summed E-state index contributed by atoms with van der Waals surface area (Å²) in [5, 5.41) is 7.99. The molecule has 0 amide bonds. The maximum absolute atomic E-state index is 11.3. The van der Waals surface area contributed by atoms with Gasteiger partial charge in [-0.05, 0) is 18.2 Å². The summed E-state index contributed by atoms with van der Waals surface area (Å²) in [6.07, 6.45) is 1.81. The fraction of sp³-hybridized carbons (Fsp3) is 0.222. The molecule has 0 bridgehead atoms. The highest BCUT2D eigenvalue weighted by atomic mass is 32.2. The van der Waals surface area contributed by atoms with E-state index in [4.69, 9.17) is 0 Å². The summed E-state index contributed by atoms with van der Waals surface area (Å²) in [7, 11) is -3.24. The Bertz CT molecular complexity index is 645. The van der Waals surface area contributed by atoms with Gasteiger partial charge in [-0.1, -0.05) is 0 Å². The topological polar surface area (TPSA) is 81.9 Å². The highest BCUT2D eigenvalue weighted by molar-refractivity contribution is 7.90. The summed E-state index contributed by atoms with van der Waals surface area (Å²) in [4.78, 5) is 11.7. The van der Waals surface area contributed by atoms with E-state index in [0.29, 0.717) is 17.3 Å². The number of fused-ring (bicyclic) bond motifs is 1. The number of nitrogens with zero attached hydrogens (tertiary/aromatic N) is 3. The van der Waals surface area contributed by atoms with E-state index in [1.165, 1.54) is 16.9 Å². The minimum Gasteiger partial charge on any atom is -0.301 e. The van der Waals surface area contributed by atoms with Gasteiger partial charge in [0.15, 0.2) is 9.84 Å². The van der Waals surface area contributed by atoms with Gasteiger partial charge < -0.3 is 4.79 Å². The van der Waals surface area contributed by atoms with Gasteiger partial charge in [0.1, 0.15) is 23.9 Å². The van der Waals surface area contributed by atoms with Crippen LogP contribution >= 0.6 is 0 Å². The van der Waals surface area contributed by atoms with E-state index < -0.39 is 9.84 Å². The molecule has 0 radical (unpaired) electrons. The molecule has 16 heavy (non-hydrogen) atoms. The molecule has 1 aromatic heterocycles. The van der Waals surface area contributed by atoms with Crippen molar-refractivity contribution >= 4 is 27.2 Å². The van der Waals surface area contributed by atoms with Crippen molar-refractivity contribution in [3.8, 4) is 0 Å². The molecule has 0 atom stereocenters. The quantitative estimate of drug-likeness (QED) is 0.706. The molecular formula is C9H9N3O3S. The second kappa shape index (κ2) is 3.67. The Hall–Kier alpha value is -1.76.